The van der Waals surface area contributed by atoms with Gasteiger partial charge in [0.25, 0.3) is 11.8 Å². The summed E-state index contributed by atoms with van der Waals surface area (Å²) in [5.41, 5.74) is 6.12. The highest BCUT2D eigenvalue weighted by atomic mass is 32.1. The number of hydrogen-bond acceptors (Lipinski definition) is 6. The predicted octanol–water partition coefficient (Wildman–Crippen LogP) is 4.90. The summed E-state index contributed by atoms with van der Waals surface area (Å²) >= 11 is 2.46. The minimum Gasteiger partial charge on any atom is -0.364 e. The van der Waals surface area contributed by atoms with Gasteiger partial charge < -0.3 is 16.4 Å². The molecule has 29 heavy (non-hydrogen) atoms. The molecule has 4 N–H and O–H groups in total. The summed E-state index contributed by atoms with van der Waals surface area (Å²) in [6.45, 7) is 1.91. The number of aryl methyl sites for hydroxylation is 1. The molecule has 2 amide bonds. The number of hydrogen-bond donors (Lipinski definition) is 3. The Balaban J connectivity index is 1.60. The van der Waals surface area contributed by atoms with E-state index in [-0.39, 0.29) is 22.4 Å². The summed E-state index contributed by atoms with van der Waals surface area (Å²) in [7, 11) is 0. The van der Waals surface area contributed by atoms with Gasteiger partial charge in [-0.1, -0.05) is 23.5 Å². The smallest absolute Gasteiger partial charge is 0.270 e. The lowest BCUT2D eigenvalue weighted by atomic mass is 10.1. The molecule has 9 heteroatoms. The average Bonchev–Trinajstić information content (AvgIpc) is 3.28. The number of primary amides is 1. The van der Waals surface area contributed by atoms with Gasteiger partial charge in [0.05, 0.1) is 4.88 Å². The Morgan fingerprint density at radius 1 is 1.03 bits per heavy atom. The fourth-order valence-corrected chi connectivity index (χ4v) is 4.41. The fourth-order valence-electron chi connectivity index (χ4n) is 2.76. The second-order valence-electron chi connectivity index (χ2n) is 6.26. The van der Waals surface area contributed by atoms with Crippen LogP contribution in [0.15, 0.2) is 48.5 Å². The lowest BCUT2D eigenvalue weighted by Crippen LogP contribution is -2.16. The van der Waals surface area contributed by atoms with Crippen molar-refractivity contribution in [3.05, 3.63) is 69.8 Å². The number of amides is 2. The average molecular weight is 426 g/mol. The molecule has 0 saturated heterocycles. The molecule has 0 aliphatic rings. The van der Waals surface area contributed by atoms with Crippen molar-refractivity contribution in [2.24, 2.45) is 5.73 Å². The summed E-state index contributed by atoms with van der Waals surface area (Å²) in [5.74, 6) is -1.36. The molecule has 0 spiro atoms. The number of fused-ring (bicyclic) bond motifs is 1. The van der Waals surface area contributed by atoms with E-state index in [1.807, 2.05) is 19.1 Å². The number of rotatable bonds is 5. The number of nitrogens with two attached hydrogens (primary N) is 1. The molecular formula is C20H15FN4O2S2. The quantitative estimate of drug-likeness (QED) is 0.423. The number of nitrogens with zero attached hydrogens (tertiary/aromatic N) is 1. The molecule has 4 rings (SSSR count). The zero-order valence-corrected chi connectivity index (χ0v) is 16.8. The molecule has 6 nitrogen and oxygen atoms in total. The summed E-state index contributed by atoms with van der Waals surface area (Å²) < 4.78 is 13.3. The monoisotopic (exact) mass is 426 g/mol. The zero-order chi connectivity index (χ0) is 20.5. The Hall–Kier alpha value is -3.30. The number of halogens is 1. The Kier molecular flexibility index (Phi) is 4.99. The molecule has 2 heterocycles. The van der Waals surface area contributed by atoms with Gasteiger partial charge in [0.2, 0.25) is 0 Å². The number of carbonyl (C=O) groups is 2. The normalized spacial score (nSPS) is 10.8. The van der Waals surface area contributed by atoms with Gasteiger partial charge in [0.1, 0.15) is 10.8 Å². The van der Waals surface area contributed by atoms with E-state index in [0.29, 0.717) is 15.7 Å². The number of nitrogens with one attached hydrogen (secondary N) is 2. The first-order valence-corrected chi connectivity index (χ1v) is 10.2. The van der Waals surface area contributed by atoms with E-state index in [1.165, 1.54) is 23.5 Å². The maximum Gasteiger partial charge on any atom is 0.270 e. The Morgan fingerprint density at radius 3 is 2.52 bits per heavy atom. The molecule has 0 atom stereocenters. The number of anilines is 3. The lowest BCUT2D eigenvalue weighted by Gasteiger charge is -2.04. The van der Waals surface area contributed by atoms with Gasteiger partial charge in [-0.2, -0.15) is 0 Å². The third kappa shape index (κ3) is 4.10. The topological polar surface area (TPSA) is 97.1 Å². The van der Waals surface area contributed by atoms with Crippen LogP contribution in [0.2, 0.25) is 0 Å². The molecule has 2 aromatic heterocycles. The van der Waals surface area contributed by atoms with Crippen molar-refractivity contribution in [2.75, 3.05) is 10.6 Å². The minimum absolute atomic E-state index is 0.0120. The molecule has 0 radical (unpaired) electrons. The largest absolute Gasteiger partial charge is 0.364 e. The fraction of sp³-hybridized carbons (Fsp3) is 0.0500. The van der Waals surface area contributed by atoms with Crippen molar-refractivity contribution in [1.29, 1.82) is 0 Å². The molecule has 146 valence electrons. The van der Waals surface area contributed by atoms with Gasteiger partial charge in [-0.25, -0.2) is 9.37 Å². The predicted molar refractivity (Wildman–Crippen MR) is 115 cm³/mol. The molecular weight excluding hydrogens is 411 g/mol. The van der Waals surface area contributed by atoms with Gasteiger partial charge in [0, 0.05) is 10.6 Å². The zero-order valence-electron chi connectivity index (χ0n) is 15.2. The van der Waals surface area contributed by atoms with Crippen molar-refractivity contribution in [1.82, 2.24) is 4.98 Å². The number of thiophene rings is 1. The highest BCUT2D eigenvalue weighted by molar-refractivity contribution is 7.20. The van der Waals surface area contributed by atoms with Gasteiger partial charge in [-0.05, 0) is 54.1 Å². The molecule has 0 aliphatic carbocycles. The standard InChI is InChI=1S/C20H15FN4O2S2/c1-10-2-7-15(28-10)18(27)25-19-16(17(22)26)24-20(29-19)23-14-6-4-11-8-13(21)5-3-12(11)9-14/h2-9H,1H3,(H2,22,26)(H,23,24)(H,25,27). The summed E-state index contributed by atoms with van der Waals surface area (Å²) in [4.78, 5) is 29.9. The van der Waals surface area contributed by atoms with E-state index in [2.05, 4.69) is 15.6 Å². The number of benzene rings is 2. The van der Waals surface area contributed by atoms with E-state index < -0.39 is 5.91 Å². The lowest BCUT2D eigenvalue weighted by molar-refractivity contribution is 0.0997. The van der Waals surface area contributed by atoms with Crippen LogP contribution in [-0.4, -0.2) is 16.8 Å². The molecule has 0 fully saturated rings. The van der Waals surface area contributed by atoms with Crippen molar-refractivity contribution >= 4 is 61.1 Å². The Bertz CT molecular complexity index is 1250. The van der Waals surface area contributed by atoms with Crippen LogP contribution in [0, 0.1) is 12.7 Å². The van der Waals surface area contributed by atoms with Crippen molar-refractivity contribution < 1.29 is 14.0 Å². The second kappa shape index (κ2) is 7.61. The van der Waals surface area contributed by atoms with E-state index in [0.717, 1.165) is 27.0 Å². The number of thiazole rings is 1. The first-order chi connectivity index (χ1) is 13.9. The van der Waals surface area contributed by atoms with Crippen LogP contribution in [0.3, 0.4) is 0 Å². The second-order valence-corrected chi connectivity index (χ2v) is 8.54. The number of carbonyl (C=O) groups excluding carboxylic acids is 2. The third-order valence-electron chi connectivity index (χ3n) is 4.11. The van der Waals surface area contributed by atoms with Crippen LogP contribution >= 0.6 is 22.7 Å². The molecule has 4 aromatic rings. The van der Waals surface area contributed by atoms with Crippen LogP contribution in [0.4, 0.5) is 20.2 Å². The molecule has 0 saturated carbocycles. The highest BCUT2D eigenvalue weighted by Gasteiger charge is 2.19. The van der Waals surface area contributed by atoms with Crippen LogP contribution in [0.5, 0.6) is 0 Å². The van der Waals surface area contributed by atoms with E-state index >= 15 is 0 Å². The maximum atomic E-state index is 13.3. The Morgan fingerprint density at radius 2 is 1.79 bits per heavy atom. The van der Waals surface area contributed by atoms with E-state index in [4.69, 9.17) is 5.73 Å². The summed E-state index contributed by atoms with van der Waals surface area (Å²) in [5, 5.41) is 8.11. The van der Waals surface area contributed by atoms with Gasteiger partial charge in [-0.3, -0.25) is 9.59 Å². The van der Waals surface area contributed by atoms with E-state index in [9.17, 15) is 14.0 Å². The van der Waals surface area contributed by atoms with Crippen molar-refractivity contribution in [3.63, 3.8) is 0 Å². The first kappa shape index (κ1) is 19.0. The highest BCUT2D eigenvalue weighted by Crippen LogP contribution is 2.32. The summed E-state index contributed by atoms with van der Waals surface area (Å²) in [6, 6.07) is 13.5. The van der Waals surface area contributed by atoms with Crippen LogP contribution in [0.25, 0.3) is 10.8 Å². The number of aromatic nitrogens is 1. The summed E-state index contributed by atoms with van der Waals surface area (Å²) in [6.07, 6.45) is 0. The maximum absolute atomic E-state index is 13.3. The van der Waals surface area contributed by atoms with Crippen molar-refractivity contribution in [3.8, 4) is 0 Å². The molecule has 0 bridgehead atoms. The Labute approximate surface area is 173 Å². The third-order valence-corrected chi connectivity index (χ3v) is 5.99. The minimum atomic E-state index is -0.735. The van der Waals surface area contributed by atoms with Crippen LogP contribution in [-0.2, 0) is 0 Å². The van der Waals surface area contributed by atoms with E-state index in [1.54, 1.807) is 24.3 Å². The molecule has 2 aromatic carbocycles. The SMILES string of the molecule is Cc1ccc(C(=O)Nc2sc(Nc3ccc4cc(F)ccc4c3)nc2C(N)=O)s1. The van der Waals surface area contributed by atoms with Gasteiger partial charge in [0.15, 0.2) is 10.8 Å². The van der Waals surface area contributed by atoms with Crippen molar-refractivity contribution in [2.45, 2.75) is 6.92 Å². The van der Waals surface area contributed by atoms with Crippen LogP contribution < -0.4 is 16.4 Å². The first-order valence-electron chi connectivity index (χ1n) is 8.54. The molecule has 0 aliphatic heterocycles. The van der Waals surface area contributed by atoms with Gasteiger partial charge >= 0.3 is 0 Å². The van der Waals surface area contributed by atoms with Crippen LogP contribution in [0.1, 0.15) is 25.0 Å². The van der Waals surface area contributed by atoms with Gasteiger partial charge in [-0.15, -0.1) is 11.3 Å². The molecule has 0 unspecified atom stereocenters.